The largest absolute Gasteiger partial charge is 0.454 e. The van der Waals surface area contributed by atoms with Gasteiger partial charge >= 0.3 is 5.97 Å². The Balaban J connectivity index is 1.37. The van der Waals surface area contributed by atoms with Gasteiger partial charge in [-0.05, 0) is 48.5 Å². The van der Waals surface area contributed by atoms with E-state index in [1.807, 2.05) is 12.1 Å². The lowest BCUT2D eigenvalue weighted by Crippen LogP contribution is -2.18. The van der Waals surface area contributed by atoms with Crippen LogP contribution < -0.4 is 5.43 Å². The lowest BCUT2D eigenvalue weighted by molar-refractivity contribution is -0.146. The van der Waals surface area contributed by atoms with E-state index in [2.05, 4.69) is 4.98 Å². The first-order valence-electron chi connectivity index (χ1n) is 9.97. The number of oxazole rings is 1. The fourth-order valence-electron chi connectivity index (χ4n) is 3.69. The van der Waals surface area contributed by atoms with Crippen molar-refractivity contribution >= 4 is 27.8 Å². The number of carbonyl (C=O) groups is 1. The van der Waals surface area contributed by atoms with Crippen molar-refractivity contribution in [2.24, 2.45) is 0 Å². The normalized spacial score (nSPS) is 11.2. The summed E-state index contributed by atoms with van der Waals surface area (Å²) >= 11 is 0. The molecule has 2 aromatic heterocycles. The smallest absolute Gasteiger partial charge is 0.326 e. The van der Waals surface area contributed by atoms with Crippen LogP contribution in [0.5, 0.6) is 0 Å². The van der Waals surface area contributed by atoms with Gasteiger partial charge in [0.25, 0.3) is 0 Å². The molecule has 6 nitrogen and oxygen atoms in total. The Morgan fingerprint density at radius 1 is 0.938 bits per heavy atom. The summed E-state index contributed by atoms with van der Waals surface area (Å²) in [4.78, 5) is 29.6. The number of rotatable bonds is 5. The van der Waals surface area contributed by atoms with Crippen molar-refractivity contribution in [2.75, 3.05) is 0 Å². The number of halogens is 1. The van der Waals surface area contributed by atoms with Crippen LogP contribution in [0, 0.1) is 5.82 Å². The van der Waals surface area contributed by atoms with Gasteiger partial charge in [0.1, 0.15) is 12.4 Å². The van der Waals surface area contributed by atoms with Crippen LogP contribution in [0.4, 0.5) is 4.39 Å². The van der Waals surface area contributed by atoms with Crippen molar-refractivity contribution in [3.63, 3.8) is 0 Å². The molecule has 0 aliphatic heterocycles. The van der Waals surface area contributed by atoms with E-state index in [4.69, 9.17) is 9.15 Å². The van der Waals surface area contributed by atoms with E-state index in [0.29, 0.717) is 33.1 Å². The van der Waals surface area contributed by atoms with Crippen molar-refractivity contribution in [1.82, 2.24) is 9.55 Å². The van der Waals surface area contributed by atoms with Gasteiger partial charge < -0.3 is 13.7 Å². The van der Waals surface area contributed by atoms with Crippen LogP contribution in [-0.4, -0.2) is 15.5 Å². The molecule has 0 aliphatic carbocycles. The van der Waals surface area contributed by atoms with E-state index >= 15 is 0 Å². The number of esters is 1. The molecule has 0 unspecified atom stereocenters. The number of nitrogens with zero attached hydrogens (tertiary/aromatic N) is 2. The van der Waals surface area contributed by atoms with Gasteiger partial charge in [0, 0.05) is 16.3 Å². The number of hydrogen-bond donors (Lipinski definition) is 0. The van der Waals surface area contributed by atoms with Gasteiger partial charge in [0.15, 0.2) is 17.8 Å². The molecule has 3 aromatic carbocycles. The monoisotopic (exact) mass is 428 g/mol. The molecule has 32 heavy (non-hydrogen) atoms. The molecule has 7 heteroatoms. The van der Waals surface area contributed by atoms with Crippen molar-refractivity contribution in [1.29, 1.82) is 0 Å². The minimum Gasteiger partial charge on any atom is -0.454 e. The highest BCUT2D eigenvalue weighted by molar-refractivity contribution is 5.94. The molecule has 5 aromatic rings. The second-order valence-corrected chi connectivity index (χ2v) is 7.24. The average molecular weight is 428 g/mol. The highest BCUT2D eigenvalue weighted by Crippen LogP contribution is 2.22. The van der Waals surface area contributed by atoms with Gasteiger partial charge in [-0.25, -0.2) is 9.37 Å². The topological polar surface area (TPSA) is 74.3 Å². The maximum absolute atomic E-state index is 13.1. The molecule has 0 N–H and O–H groups in total. The number of pyridine rings is 1. The van der Waals surface area contributed by atoms with Crippen molar-refractivity contribution in [2.45, 2.75) is 13.2 Å². The third kappa shape index (κ3) is 3.65. The number of hydrogen-bond acceptors (Lipinski definition) is 5. The molecule has 158 valence electrons. The SMILES string of the molecule is O=C(Cn1c2ccccc2c(=O)c2ccccc21)OCc1ncc(-c2ccc(F)cc2)o1. The van der Waals surface area contributed by atoms with E-state index in [1.165, 1.54) is 18.3 Å². The van der Waals surface area contributed by atoms with E-state index in [0.717, 1.165) is 0 Å². The maximum Gasteiger partial charge on any atom is 0.326 e. The number of aromatic nitrogens is 2. The Morgan fingerprint density at radius 2 is 1.56 bits per heavy atom. The molecule has 0 saturated heterocycles. The van der Waals surface area contributed by atoms with Crippen LogP contribution in [-0.2, 0) is 22.7 Å². The standard InChI is InChI=1S/C25H17FN2O4/c26-17-11-9-16(10-12-17)22-13-27-23(32-22)15-31-24(29)14-28-20-7-3-1-5-18(20)25(30)19-6-2-4-8-21(19)28/h1-13H,14-15H2. The molecule has 0 aliphatic rings. The maximum atomic E-state index is 13.1. The van der Waals surface area contributed by atoms with Crippen molar-refractivity contribution in [3.05, 3.63) is 101 Å². The number of fused-ring (bicyclic) bond motifs is 2. The minimum atomic E-state index is -0.495. The second kappa shape index (κ2) is 8.11. The lowest BCUT2D eigenvalue weighted by atomic mass is 10.1. The summed E-state index contributed by atoms with van der Waals surface area (Å²) in [7, 11) is 0. The summed E-state index contributed by atoms with van der Waals surface area (Å²) in [6.07, 6.45) is 1.50. The second-order valence-electron chi connectivity index (χ2n) is 7.24. The molecule has 2 heterocycles. The summed E-state index contributed by atoms with van der Waals surface area (Å²) < 4.78 is 25.8. The summed E-state index contributed by atoms with van der Waals surface area (Å²) in [5.41, 5.74) is 1.90. The van der Waals surface area contributed by atoms with Gasteiger partial charge in [-0.3, -0.25) is 9.59 Å². The van der Waals surface area contributed by atoms with E-state index in [-0.39, 0.29) is 30.3 Å². The Morgan fingerprint density at radius 3 is 2.22 bits per heavy atom. The number of ether oxygens (including phenoxy) is 1. The van der Waals surface area contributed by atoms with Crippen LogP contribution in [0.25, 0.3) is 33.1 Å². The number of carbonyl (C=O) groups excluding carboxylic acids is 1. The van der Waals surface area contributed by atoms with Crippen LogP contribution in [0.15, 0.2) is 88.2 Å². The third-order valence-electron chi connectivity index (χ3n) is 5.21. The van der Waals surface area contributed by atoms with E-state index < -0.39 is 5.97 Å². The zero-order chi connectivity index (χ0) is 22.1. The van der Waals surface area contributed by atoms with Gasteiger partial charge in [-0.2, -0.15) is 0 Å². The van der Waals surface area contributed by atoms with Crippen LogP contribution >= 0.6 is 0 Å². The van der Waals surface area contributed by atoms with Gasteiger partial charge in [0.2, 0.25) is 5.89 Å². The molecule has 0 amide bonds. The first-order chi connectivity index (χ1) is 15.6. The van der Waals surface area contributed by atoms with E-state index in [9.17, 15) is 14.0 Å². The summed E-state index contributed by atoms with van der Waals surface area (Å²) in [6.45, 7) is -0.219. The Bertz CT molecular complexity index is 1440. The Labute approximate surface area is 181 Å². The molecule has 0 radical (unpaired) electrons. The average Bonchev–Trinajstić information content (AvgIpc) is 3.30. The van der Waals surface area contributed by atoms with Crippen LogP contribution in [0.2, 0.25) is 0 Å². The Hall–Kier alpha value is -4.26. The molecule has 0 spiro atoms. The summed E-state index contributed by atoms with van der Waals surface area (Å²) in [5.74, 6) is -0.156. The minimum absolute atomic E-state index is 0.0751. The molecular weight excluding hydrogens is 411 g/mol. The number of para-hydroxylation sites is 2. The predicted octanol–water partition coefficient (Wildman–Crippen LogP) is 4.69. The lowest BCUT2D eigenvalue weighted by Gasteiger charge is -2.14. The van der Waals surface area contributed by atoms with Crippen molar-refractivity contribution < 1.29 is 18.3 Å². The summed E-state index contributed by atoms with van der Waals surface area (Å²) in [5, 5.41) is 1.08. The number of benzene rings is 3. The first kappa shape index (κ1) is 19.7. The Kier molecular flexibility index (Phi) is 4.99. The zero-order valence-corrected chi connectivity index (χ0v) is 16.8. The highest BCUT2D eigenvalue weighted by atomic mass is 19.1. The van der Waals surface area contributed by atoms with Crippen LogP contribution in [0.3, 0.4) is 0 Å². The third-order valence-corrected chi connectivity index (χ3v) is 5.21. The van der Waals surface area contributed by atoms with Gasteiger partial charge in [-0.15, -0.1) is 0 Å². The zero-order valence-electron chi connectivity index (χ0n) is 16.8. The van der Waals surface area contributed by atoms with Gasteiger partial charge in [-0.1, -0.05) is 24.3 Å². The van der Waals surface area contributed by atoms with Crippen molar-refractivity contribution in [3.8, 4) is 11.3 Å². The summed E-state index contributed by atoms with van der Waals surface area (Å²) in [6, 6.07) is 20.2. The quantitative estimate of drug-likeness (QED) is 0.300. The molecule has 0 bridgehead atoms. The molecule has 5 rings (SSSR count). The molecule has 0 fully saturated rings. The predicted molar refractivity (Wildman–Crippen MR) is 117 cm³/mol. The molecule has 0 saturated carbocycles. The fourth-order valence-corrected chi connectivity index (χ4v) is 3.69. The van der Waals surface area contributed by atoms with Gasteiger partial charge in [0.05, 0.1) is 17.2 Å². The van der Waals surface area contributed by atoms with Crippen LogP contribution in [0.1, 0.15) is 5.89 Å². The first-order valence-corrected chi connectivity index (χ1v) is 9.97. The van der Waals surface area contributed by atoms with E-state index in [1.54, 1.807) is 53.1 Å². The molecule has 0 atom stereocenters. The fraction of sp³-hybridized carbons (Fsp3) is 0.0800. The highest BCUT2D eigenvalue weighted by Gasteiger charge is 2.15. The molecular formula is C25H17FN2O4.